The van der Waals surface area contributed by atoms with Gasteiger partial charge in [0.05, 0.1) is 37.7 Å². The van der Waals surface area contributed by atoms with Crippen LogP contribution in [0.1, 0.15) is 10.4 Å². The average molecular weight is 404 g/mol. The molecule has 0 unspecified atom stereocenters. The Balaban J connectivity index is 1.54. The number of carbonyl (C=O) groups is 2. The Bertz CT molecular complexity index is 1250. The van der Waals surface area contributed by atoms with Gasteiger partial charge in [0.1, 0.15) is 16.9 Å². The number of amides is 1. The second-order valence-electron chi connectivity index (χ2n) is 6.59. The summed E-state index contributed by atoms with van der Waals surface area (Å²) in [6.45, 7) is -0.0302. The van der Waals surface area contributed by atoms with Crippen molar-refractivity contribution in [3.8, 4) is 5.75 Å². The number of methoxy groups -OCH3 is 2. The fourth-order valence-electron chi connectivity index (χ4n) is 3.31. The lowest BCUT2D eigenvalue weighted by atomic mass is 10.1. The van der Waals surface area contributed by atoms with Gasteiger partial charge in [0.25, 0.3) is 0 Å². The molecule has 1 aromatic heterocycles. The van der Waals surface area contributed by atoms with Gasteiger partial charge in [0, 0.05) is 16.8 Å². The highest BCUT2D eigenvalue weighted by Gasteiger charge is 2.15. The predicted molar refractivity (Wildman–Crippen MR) is 115 cm³/mol. The van der Waals surface area contributed by atoms with Gasteiger partial charge in [-0.05, 0) is 24.3 Å². The van der Waals surface area contributed by atoms with Crippen molar-refractivity contribution < 1.29 is 23.5 Å². The number of hydrogen-bond acceptors (Lipinski definition) is 6. The number of para-hydroxylation sites is 2. The molecule has 4 aromatic rings. The second-order valence-corrected chi connectivity index (χ2v) is 6.59. The van der Waals surface area contributed by atoms with E-state index in [1.165, 1.54) is 7.11 Å². The smallest absolute Gasteiger partial charge is 0.339 e. The third kappa shape index (κ3) is 3.65. The maximum Gasteiger partial charge on any atom is 0.339 e. The molecule has 152 valence electrons. The molecule has 1 heterocycles. The van der Waals surface area contributed by atoms with Gasteiger partial charge in [0.15, 0.2) is 0 Å². The molecule has 4 rings (SSSR count). The Morgan fingerprint density at radius 3 is 2.47 bits per heavy atom. The number of hydrogen-bond donors (Lipinski definition) is 2. The first kappa shape index (κ1) is 19.3. The standard InChI is InChI=1S/C23H20N2O5/c1-28-21-11-16-14-7-4-6-10-19(14)30-20(16)12-18(21)24-13-22(26)25-17-9-5-3-8-15(17)23(27)29-2/h3-12,24H,13H2,1-2H3,(H,25,26). The molecule has 3 aromatic carbocycles. The lowest BCUT2D eigenvalue weighted by molar-refractivity contribution is -0.114. The number of ether oxygens (including phenoxy) is 2. The van der Waals surface area contributed by atoms with Crippen LogP contribution >= 0.6 is 0 Å². The number of carbonyl (C=O) groups excluding carboxylic acids is 2. The molecule has 7 nitrogen and oxygen atoms in total. The van der Waals surface area contributed by atoms with Gasteiger partial charge in [-0.15, -0.1) is 0 Å². The molecule has 0 saturated heterocycles. The molecule has 0 bridgehead atoms. The lowest BCUT2D eigenvalue weighted by Gasteiger charge is -2.13. The summed E-state index contributed by atoms with van der Waals surface area (Å²) in [5.74, 6) is -0.245. The molecular formula is C23H20N2O5. The number of benzene rings is 3. The van der Waals surface area contributed by atoms with Crippen molar-refractivity contribution >= 4 is 45.2 Å². The van der Waals surface area contributed by atoms with Gasteiger partial charge < -0.3 is 24.5 Å². The highest BCUT2D eigenvalue weighted by molar-refractivity contribution is 6.07. The van der Waals surface area contributed by atoms with E-state index in [4.69, 9.17) is 13.9 Å². The normalized spacial score (nSPS) is 10.7. The van der Waals surface area contributed by atoms with Crippen molar-refractivity contribution in [1.82, 2.24) is 0 Å². The molecule has 0 spiro atoms. The molecule has 0 saturated carbocycles. The Hall–Kier alpha value is -4.00. The number of esters is 1. The second kappa shape index (κ2) is 8.16. The fourth-order valence-corrected chi connectivity index (χ4v) is 3.31. The topological polar surface area (TPSA) is 89.8 Å². The van der Waals surface area contributed by atoms with Crippen molar-refractivity contribution in [2.24, 2.45) is 0 Å². The molecule has 30 heavy (non-hydrogen) atoms. The number of anilines is 2. The summed E-state index contributed by atoms with van der Waals surface area (Å²) in [5, 5.41) is 7.73. The van der Waals surface area contributed by atoms with E-state index in [9.17, 15) is 9.59 Å². The summed E-state index contributed by atoms with van der Waals surface area (Å²) in [6.07, 6.45) is 0. The highest BCUT2D eigenvalue weighted by atomic mass is 16.5. The van der Waals surface area contributed by atoms with Crippen LogP contribution in [0.5, 0.6) is 5.75 Å². The van der Waals surface area contributed by atoms with E-state index in [-0.39, 0.29) is 18.0 Å². The quantitative estimate of drug-likeness (QED) is 0.462. The van der Waals surface area contributed by atoms with Crippen molar-refractivity contribution in [3.05, 3.63) is 66.2 Å². The zero-order chi connectivity index (χ0) is 21.1. The summed E-state index contributed by atoms with van der Waals surface area (Å²) in [6, 6.07) is 18.1. The SMILES string of the molecule is COC(=O)c1ccccc1NC(=O)CNc1cc2oc3ccccc3c2cc1OC. The van der Waals surface area contributed by atoms with Crippen LogP contribution < -0.4 is 15.4 Å². The Morgan fingerprint density at radius 2 is 1.67 bits per heavy atom. The van der Waals surface area contributed by atoms with Crippen molar-refractivity contribution in [1.29, 1.82) is 0 Å². The Morgan fingerprint density at radius 1 is 0.900 bits per heavy atom. The van der Waals surface area contributed by atoms with Crippen molar-refractivity contribution in [2.45, 2.75) is 0 Å². The minimum Gasteiger partial charge on any atom is -0.495 e. The van der Waals surface area contributed by atoms with E-state index in [0.717, 1.165) is 16.4 Å². The van der Waals surface area contributed by atoms with E-state index in [2.05, 4.69) is 10.6 Å². The minimum absolute atomic E-state index is 0.0302. The van der Waals surface area contributed by atoms with Crippen LogP contribution in [0.3, 0.4) is 0 Å². The summed E-state index contributed by atoms with van der Waals surface area (Å²) in [4.78, 5) is 24.3. The predicted octanol–water partition coefficient (Wildman–Crippen LogP) is 4.43. The number of furan rings is 1. The largest absolute Gasteiger partial charge is 0.495 e. The minimum atomic E-state index is -0.518. The molecule has 0 radical (unpaired) electrons. The van der Waals surface area contributed by atoms with Crippen LogP contribution in [-0.4, -0.2) is 32.6 Å². The van der Waals surface area contributed by atoms with E-state index >= 15 is 0 Å². The molecule has 0 aliphatic heterocycles. The molecule has 0 aliphatic rings. The summed E-state index contributed by atoms with van der Waals surface area (Å²) >= 11 is 0. The van der Waals surface area contributed by atoms with Gasteiger partial charge in [-0.3, -0.25) is 4.79 Å². The van der Waals surface area contributed by atoms with Gasteiger partial charge in [0.2, 0.25) is 5.91 Å². The molecule has 0 aliphatic carbocycles. The van der Waals surface area contributed by atoms with Crippen LogP contribution in [0.2, 0.25) is 0 Å². The van der Waals surface area contributed by atoms with Crippen LogP contribution in [0.25, 0.3) is 21.9 Å². The lowest BCUT2D eigenvalue weighted by Crippen LogP contribution is -2.23. The van der Waals surface area contributed by atoms with Gasteiger partial charge in [-0.25, -0.2) is 4.79 Å². The number of nitrogens with one attached hydrogen (secondary N) is 2. The molecule has 2 N–H and O–H groups in total. The first-order valence-corrected chi connectivity index (χ1v) is 9.31. The maximum absolute atomic E-state index is 12.5. The first-order chi connectivity index (χ1) is 14.6. The monoisotopic (exact) mass is 404 g/mol. The molecule has 1 amide bonds. The molecule has 0 atom stereocenters. The fraction of sp³-hybridized carbons (Fsp3) is 0.130. The third-order valence-corrected chi connectivity index (χ3v) is 4.74. The van der Waals surface area contributed by atoms with Crippen LogP contribution in [-0.2, 0) is 9.53 Å². The summed E-state index contributed by atoms with van der Waals surface area (Å²) < 4.78 is 16.1. The van der Waals surface area contributed by atoms with Gasteiger partial charge in [-0.2, -0.15) is 0 Å². The van der Waals surface area contributed by atoms with E-state index in [0.29, 0.717) is 22.7 Å². The third-order valence-electron chi connectivity index (χ3n) is 4.74. The van der Waals surface area contributed by atoms with Crippen molar-refractivity contribution in [3.63, 3.8) is 0 Å². The van der Waals surface area contributed by atoms with Crippen LogP contribution in [0.15, 0.2) is 65.1 Å². The zero-order valence-electron chi connectivity index (χ0n) is 16.5. The average Bonchev–Trinajstić information content (AvgIpc) is 3.14. The van der Waals surface area contributed by atoms with E-state index < -0.39 is 5.97 Å². The summed E-state index contributed by atoms with van der Waals surface area (Å²) in [5.41, 5.74) is 2.77. The van der Waals surface area contributed by atoms with E-state index in [1.807, 2.05) is 36.4 Å². The molecule has 7 heteroatoms. The van der Waals surface area contributed by atoms with Gasteiger partial charge in [-0.1, -0.05) is 30.3 Å². The Kier molecular flexibility index (Phi) is 5.26. The Labute approximate surface area is 172 Å². The maximum atomic E-state index is 12.5. The first-order valence-electron chi connectivity index (χ1n) is 9.31. The zero-order valence-corrected chi connectivity index (χ0v) is 16.5. The van der Waals surface area contributed by atoms with Crippen molar-refractivity contribution in [2.75, 3.05) is 31.4 Å². The van der Waals surface area contributed by atoms with Gasteiger partial charge >= 0.3 is 5.97 Å². The summed E-state index contributed by atoms with van der Waals surface area (Å²) in [7, 11) is 2.87. The number of fused-ring (bicyclic) bond motifs is 3. The van der Waals surface area contributed by atoms with Crippen LogP contribution in [0, 0.1) is 0 Å². The molecule has 0 fully saturated rings. The van der Waals surface area contributed by atoms with Crippen LogP contribution in [0.4, 0.5) is 11.4 Å². The molecular weight excluding hydrogens is 384 g/mol. The van der Waals surface area contributed by atoms with E-state index in [1.54, 1.807) is 31.4 Å². The highest BCUT2D eigenvalue weighted by Crippen LogP contribution is 2.36. The number of rotatable bonds is 6.